The number of sulfonamides is 1. The number of aliphatic hydroxyl groups is 4. The second-order valence-corrected chi connectivity index (χ2v) is 17.3. The molecule has 0 bridgehead atoms. The highest BCUT2D eigenvalue weighted by atomic mass is 32.2. The van der Waals surface area contributed by atoms with Crippen LogP contribution in [-0.2, 0) is 20.2 Å². The van der Waals surface area contributed by atoms with Crippen LogP contribution >= 0.6 is 0 Å². The van der Waals surface area contributed by atoms with E-state index in [0.29, 0.717) is 39.5 Å². The first-order chi connectivity index (χ1) is 29.4. The molecule has 62 heavy (non-hydrogen) atoms. The number of nitrogens with one attached hydrogen (secondary N) is 5. The fourth-order valence-corrected chi connectivity index (χ4v) is 7.36. The molecule has 4 aromatic carbocycles. The highest BCUT2D eigenvalue weighted by molar-refractivity contribution is 7.92. The molecule has 0 radical (unpaired) electrons. The second kappa shape index (κ2) is 18.8. The number of anilines is 5. The summed E-state index contributed by atoms with van der Waals surface area (Å²) in [6.45, 7) is 5.08. The third-order valence-electron chi connectivity index (χ3n) is 9.97. The van der Waals surface area contributed by atoms with Gasteiger partial charge in [-0.15, -0.1) is 0 Å². The molecule has 0 aliphatic carbocycles. The lowest BCUT2D eigenvalue weighted by molar-refractivity contribution is -0.227. The zero-order chi connectivity index (χ0) is 44.9. The molecule has 2 heterocycles. The number of rotatable bonds is 14. The first-order valence-electron chi connectivity index (χ1n) is 19.4. The summed E-state index contributed by atoms with van der Waals surface area (Å²) in [6.07, 6.45) is -4.17. The molecule has 3 amide bonds. The Labute approximate surface area is 358 Å². The Morgan fingerprint density at radius 1 is 0.806 bits per heavy atom. The molecule has 18 nitrogen and oxygen atoms in total. The van der Waals surface area contributed by atoms with Gasteiger partial charge in [-0.05, 0) is 53.4 Å². The molecule has 1 fully saturated rings. The SMILES string of the molecule is COc1cc(Nc2cc(Oc3ccc(NC(=O)Nc4cc(C(C)(C)C)cc(NS(C)(=O)=O)c4OC)c4ccccc34)ccn2)ccc1C(=O)NC[C@@H]1O[C@H](CO)[C@@H](O)[C@H](O)[C@H]1O. The number of fused-ring (bicyclic) bond motifs is 1. The maximum Gasteiger partial charge on any atom is 0.323 e. The van der Waals surface area contributed by atoms with Crippen LogP contribution in [0, 0.1) is 0 Å². The van der Waals surface area contributed by atoms with Crippen molar-refractivity contribution >= 4 is 61.3 Å². The third kappa shape index (κ3) is 10.6. The average molecular weight is 875 g/mol. The van der Waals surface area contributed by atoms with Crippen molar-refractivity contribution < 1.29 is 57.4 Å². The molecule has 5 aromatic rings. The zero-order valence-electron chi connectivity index (χ0n) is 34.8. The number of carbonyl (C=O) groups is 2. The molecule has 9 N–H and O–H groups in total. The minimum Gasteiger partial charge on any atom is -0.496 e. The minimum absolute atomic E-state index is 0.144. The van der Waals surface area contributed by atoms with E-state index in [4.69, 9.17) is 18.9 Å². The van der Waals surface area contributed by atoms with E-state index in [9.17, 15) is 38.4 Å². The van der Waals surface area contributed by atoms with Crippen molar-refractivity contribution in [2.24, 2.45) is 0 Å². The van der Waals surface area contributed by atoms with E-state index in [-0.39, 0.29) is 35.0 Å². The van der Waals surface area contributed by atoms with Gasteiger partial charge in [0, 0.05) is 41.3 Å². The second-order valence-electron chi connectivity index (χ2n) is 15.6. The molecule has 6 rings (SSSR count). The maximum atomic E-state index is 13.5. The summed E-state index contributed by atoms with van der Waals surface area (Å²) in [5.74, 6) is 1.13. The predicted octanol–water partition coefficient (Wildman–Crippen LogP) is 4.67. The van der Waals surface area contributed by atoms with Crippen LogP contribution in [0.25, 0.3) is 10.8 Å². The number of amides is 3. The number of ether oxygens (including phenoxy) is 4. The Morgan fingerprint density at radius 3 is 2.18 bits per heavy atom. The van der Waals surface area contributed by atoms with Gasteiger partial charge < -0.3 is 60.6 Å². The van der Waals surface area contributed by atoms with E-state index in [1.54, 1.807) is 54.7 Å². The molecule has 5 atom stereocenters. The number of carbonyl (C=O) groups excluding carboxylic acids is 2. The number of benzene rings is 4. The molecule has 330 valence electrons. The van der Waals surface area contributed by atoms with Crippen LogP contribution in [-0.4, -0.2) is 110 Å². The van der Waals surface area contributed by atoms with Crippen molar-refractivity contribution in [1.82, 2.24) is 10.3 Å². The summed E-state index contributed by atoms with van der Waals surface area (Å²) >= 11 is 0. The van der Waals surface area contributed by atoms with Crippen molar-refractivity contribution in [1.29, 1.82) is 0 Å². The van der Waals surface area contributed by atoms with Gasteiger partial charge in [0.15, 0.2) is 5.75 Å². The van der Waals surface area contributed by atoms with E-state index in [2.05, 4.69) is 31.0 Å². The standard InChI is InChI=1S/C43H50N6O12S/c1-43(2,3)23-17-30(40(59-5)31(18-23)49-62(6,56)57)48-42(55)47-29-13-14-32(27-10-8-7-9-26(27)29)60-25-15-16-44-36(20-25)46-24-11-12-28(33(19-24)58-4)41(54)45-21-34-37(51)39(53)38(52)35(22-50)61-34/h7-20,34-35,37-39,49-53H,21-22H2,1-6H3,(H,44,46)(H,45,54)(H2,47,48,55)/t34-,35+,37-,38+,39+/m0/s1. The highest BCUT2D eigenvalue weighted by Crippen LogP contribution is 2.40. The minimum atomic E-state index is -3.67. The molecule has 1 saturated heterocycles. The van der Waals surface area contributed by atoms with Gasteiger partial charge in [0.25, 0.3) is 5.91 Å². The Morgan fingerprint density at radius 2 is 1.50 bits per heavy atom. The molecule has 1 aliphatic rings. The smallest absolute Gasteiger partial charge is 0.323 e. The lowest BCUT2D eigenvalue weighted by Gasteiger charge is -2.40. The average Bonchev–Trinajstić information content (AvgIpc) is 3.22. The summed E-state index contributed by atoms with van der Waals surface area (Å²) in [4.78, 5) is 31.0. The monoisotopic (exact) mass is 874 g/mol. The predicted molar refractivity (Wildman–Crippen MR) is 233 cm³/mol. The highest BCUT2D eigenvalue weighted by Gasteiger charge is 2.43. The van der Waals surface area contributed by atoms with E-state index in [1.165, 1.54) is 20.3 Å². The lowest BCUT2D eigenvalue weighted by atomic mass is 9.86. The Bertz CT molecular complexity index is 2550. The van der Waals surface area contributed by atoms with Gasteiger partial charge >= 0.3 is 6.03 Å². The first kappa shape index (κ1) is 45.3. The van der Waals surface area contributed by atoms with Crippen LogP contribution in [0.2, 0.25) is 0 Å². The van der Waals surface area contributed by atoms with Crippen LogP contribution in [0.1, 0.15) is 36.7 Å². The van der Waals surface area contributed by atoms with Crippen molar-refractivity contribution in [3.8, 4) is 23.0 Å². The van der Waals surface area contributed by atoms with Gasteiger partial charge in [0.2, 0.25) is 10.0 Å². The lowest BCUT2D eigenvalue weighted by Crippen LogP contribution is -2.60. The molecular formula is C43H50N6O12S. The van der Waals surface area contributed by atoms with E-state index in [1.807, 2.05) is 45.0 Å². The summed E-state index contributed by atoms with van der Waals surface area (Å²) in [7, 11) is -0.882. The van der Waals surface area contributed by atoms with Crippen LogP contribution < -0.4 is 40.2 Å². The van der Waals surface area contributed by atoms with Crippen LogP contribution in [0.15, 0.2) is 85.1 Å². The fraction of sp³-hybridized carbons (Fsp3) is 0.326. The van der Waals surface area contributed by atoms with Gasteiger partial charge in [-0.1, -0.05) is 45.0 Å². The van der Waals surface area contributed by atoms with E-state index >= 15 is 0 Å². The number of pyridine rings is 1. The molecule has 1 aliphatic heterocycles. The van der Waals surface area contributed by atoms with Crippen molar-refractivity contribution in [2.75, 3.05) is 54.3 Å². The molecular weight excluding hydrogens is 825 g/mol. The van der Waals surface area contributed by atoms with E-state index in [0.717, 1.165) is 11.8 Å². The molecule has 0 saturated carbocycles. The quantitative estimate of drug-likeness (QED) is 0.0735. The number of aliphatic hydroxyl groups excluding tert-OH is 4. The third-order valence-corrected chi connectivity index (χ3v) is 10.6. The number of hydrogen-bond donors (Lipinski definition) is 9. The van der Waals surface area contributed by atoms with Gasteiger partial charge in [0.1, 0.15) is 53.6 Å². The number of nitrogens with zero attached hydrogens (tertiary/aromatic N) is 1. The fourth-order valence-electron chi connectivity index (χ4n) is 6.81. The normalized spacial score (nSPS) is 19.0. The van der Waals surface area contributed by atoms with Crippen LogP contribution in [0.5, 0.6) is 23.0 Å². The van der Waals surface area contributed by atoms with Crippen molar-refractivity contribution in [3.05, 3.63) is 96.2 Å². The summed E-state index contributed by atoms with van der Waals surface area (Å²) in [5.41, 5.74) is 1.99. The first-order valence-corrected chi connectivity index (χ1v) is 21.3. The largest absolute Gasteiger partial charge is 0.496 e. The molecule has 1 aromatic heterocycles. The van der Waals surface area contributed by atoms with E-state index < -0.39 is 64.5 Å². The molecule has 19 heteroatoms. The zero-order valence-corrected chi connectivity index (χ0v) is 35.6. The van der Waals surface area contributed by atoms with Gasteiger partial charge in [-0.3, -0.25) is 9.52 Å². The van der Waals surface area contributed by atoms with Crippen molar-refractivity contribution in [2.45, 2.75) is 56.7 Å². The summed E-state index contributed by atoms with van der Waals surface area (Å²) in [6, 6.07) is 21.7. The Kier molecular flexibility index (Phi) is 13.7. The van der Waals surface area contributed by atoms with Gasteiger partial charge in [-0.2, -0.15) is 0 Å². The summed E-state index contributed by atoms with van der Waals surface area (Å²) in [5, 5.41) is 52.8. The topological polar surface area (TPSA) is 259 Å². The molecule has 0 spiro atoms. The van der Waals surface area contributed by atoms with Crippen molar-refractivity contribution in [3.63, 3.8) is 0 Å². The van der Waals surface area contributed by atoms with Gasteiger partial charge in [-0.25, -0.2) is 18.2 Å². The number of urea groups is 1. The van der Waals surface area contributed by atoms with Crippen LogP contribution in [0.3, 0.4) is 0 Å². The number of aromatic nitrogens is 1. The number of hydrogen-bond acceptors (Lipinski definition) is 14. The Hall–Kier alpha value is -6.22. The van der Waals surface area contributed by atoms with Crippen LogP contribution in [0.4, 0.5) is 33.4 Å². The maximum absolute atomic E-state index is 13.5. The molecule has 0 unspecified atom stereocenters. The number of methoxy groups -OCH3 is 2. The van der Waals surface area contributed by atoms with Gasteiger partial charge in [0.05, 0.1) is 49.7 Å². The summed E-state index contributed by atoms with van der Waals surface area (Å²) < 4.78 is 49.7. The Balaban J connectivity index is 1.15.